The molecule has 0 aliphatic heterocycles. The maximum absolute atomic E-state index is 10.9. The third-order valence-corrected chi connectivity index (χ3v) is 4.06. The van der Waals surface area contributed by atoms with E-state index in [4.69, 9.17) is 4.74 Å². The van der Waals surface area contributed by atoms with Crippen LogP contribution in [0.15, 0.2) is 18.2 Å². The van der Waals surface area contributed by atoms with Gasteiger partial charge in [-0.15, -0.1) is 0 Å². The molecule has 0 heterocycles. The Hall–Kier alpha value is -1.35. The molecule has 1 aromatic rings. The fourth-order valence-corrected chi connectivity index (χ4v) is 2.98. The van der Waals surface area contributed by atoms with E-state index in [-0.39, 0.29) is 0 Å². The molecule has 0 spiro atoms. The van der Waals surface area contributed by atoms with Crippen LogP contribution in [-0.4, -0.2) is 30.9 Å². The lowest BCUT2D eigenvalue weighted by Gasteiger charge is -2.28. The summed E-state index contributed by atoms with van der Waals surface area (Å²) in [7, 11) is 1.69. The van der Waals surface area contributed by atoms with Crippen LogP contribution in [0, 0.1) is 0 Å². The zero-order chi connectivity index (χ0) is 13.7. The SMILES string of the molecule is CCN(Cc1cc(C=O)ccc1OC)C1CCCC1. The summed E-state index contributed by atoms with van der Waals surface area (Å²) in [4.78, 5) is 13.4. The molecule has 0 aromatic heterocycles. The number of hydrogen-bond acceptors (Lipinski definition) is 3. The summed E-state index contributed by atoms with van der Waals surface area (Å²) in [5.74, 6) is 0.877. The second-order valence-electron chi connectivity index (χ2n) is 5.19. The second-order valence-corrected chi connectivity index (χ2v) is 5.19. The Morgan fingerprint density at radius 1 is 1.37 bits per heavy atom. The Balaban J connectivity index is 2.17. The van der Waals surface area contributed by atoms with E-state index in [0.29, 0.717) is 6.04 Å². The van der Waals surface area contributed by atoms with Crippen molar-refractivity contribution in [3.8, 4) is 5.75 Å². The summed E-state index contributed by atoms with van der Waals surface area (Å²) in [6.45, 7) is 4.11. The summed E-state index contributed by atoms with van der Waals surface area (Å²) < 4.78 is 5.41. The lowest BCUT2D eigenvalue weighted by Crippen LogP contribution is -2.32. The van der Waals surface area contributed by atoms with Gasteiger partial charge in [-0.1, -0.05) is 19.8 Å². The van der Waals surface area contributed by atoms with Crippen molar-refractivity contribution in [1.82, 2.24) is 4.90 Å². The summed E-state index contributed by atoms with van der Waals surface area (Å²) in [5.41, 5.74) is 1.83. The molecule has 0 radical (unpaired) electrons. The Labute approximate surface area is 115 Å². The predicted octanol–water partition coefficient (Wildman–Crippen LogP) is 3.27. The average Bonchev–Trinajstić information content (AvgIpc) is 2.98. The molecule has 0 atom stereocenters. The molecule has 2 rings (SSSR count). The van der Waals surface area contributed by atoms with E-state index in [1.54, 1.807) is 13.2 Å². The average molecular weight is 261 g/mol. The fourth-order valence-electron chi connectivity index (χ4n) is 2.98. The molecule has 0 unspecified atom stereocenters. The lowest BCUT2D eigenvalue weighted by atomic mass is 10.1. The van der Waals surface area contributed by atoms with E-state index in [1.165, 1.54) is 25.7 Å². The van der Waals surface area contributed by atoms with Crippen LogP contribution in [0.4, 0.5) is 0 Å². The fraction of sp³-hybridized carbons (Fsp3) is 0.562. The van der Waals surface area contributed by atoms with Gasteiger partial charge in [0.1, 0.15) is 12.0 Å². The Morgan fingerprint density at radius 2 is 2.11 bits per heavy atom. The maximum Gasteiger partial charge on any atom is 0.150 e. The standard InChI is InChI=1S/C16H23NO2/c1-3-17(15-6-4-5-7-15)11-14-10-13(12-18)8-9-16(14)19-2/h8-10,12,15H,3-7,11H2,1-2H3. The zero-order valence-corrected chi connectivity index (χ0v) is 11.9. The van der Waals surface area contributed by atoms with Gasteiger partial charge in [-0.05, 0) is 37.6 Å². The monoisotopic (exact) mass is 261 g/mol. The number of methoxy groups -OCH3 is 1. The number of benzene rings is 1. The van der Waals surface area contributed by atoms with Crippen molar-refractivity contribution in [2.75, 3.05) is 13.7 Å². The minimum atomic E-state index is 0.689. The van der Waals surface area contributed by atoms with E-state index in [0.717, 1.165) is 36.3 Å². The van der Waals surface area contributed by atoms with Crippen LogP contribution in [0.5, 0.6) is 5.75 Å². The first-order valence-electron chi connectivity index (χ1n) is 7.14. The lowest BCUT2D eigenvalue weighted by molar-refractivity contribution is 0.112. The Morgan fingerprint density at radius 3 is 2.68 bits per heavy atom. The smallest absolute Gasteiger partial charge is 0.150 e. The summed E-state index contributed by atoms with van der Waals surface area (Å²) >= 11 is 0. The highest BCUT2D eigenvalue weighted by Gasteiger charge is 2.22. The molecule has 1 aliphatic rings. The number of ether oxygens (including phenoxy) is 1. The van der Waals surface area contributed by atoms with E-state index < -0.39 is 0 Å². The van der Waals surface area contributed by atoms with Crippen molar-refractivity contribution in [1.29, 1.82) is 0 Å². The number of carbonyl (C=O) groups excluding carboxylic acids is 1. The minimum Gasteiger partial charge on any atom is -0.496 e. The first kappa shape index (κ1) is 14.1. The van der Waals surface area contributed by atoms with Crippen LogP contribution >= 0.6 is 0 Å². The third-order valence-electron chi connectivity index (χ3n) is 4.06. The molecule has 3 heteroatoms. The van der Waals surface area contributed by atoms with Crippen LogP contribution in [-0.2, 0) is 6.54 Å². The molecular weight excluding hydrogens is 238 g/mol. The van der Waals surface area contributed by atoms with E-state index in [2.05, 4.69) is 11.8 Å². The molecule has 0 amide bonds. The number of aldehydes is 1. The van der Waals surface area contributed by atoms with Crippen molar-refractivity contribution in [3.63, 3.8) is 0 Å². The Kier molecular flexibility index (Phi) is 4.97. The van der Waals surface area contributed by atoms with Crippen LogP contribution < -0.4 is 4.74 Å². The van der Waals surface area contributed by atoms with Crippen molar-refractivity contribution in [2.24, 2.45) is 0 Å². The summed E-state index contributed by atoms with van der Waals surface area (Å²) in [6, 6.07) is 6.33. The molecule has 1 aliphatic carbocycles. The van der Waals surface area contributed by atoms with Crippen LogP contribution in [0.25, 0.3) is 0 Å². The van der Waals surface area contributed by atoms with Crippen LogP contribution in [0.3, 0.4) is 0 Å². The molecule has 3 nitrogen and oxygen atoms in total. The normalized spacial score (nSPS) is 15.9. The highest BCUT2D eigenvalue weighted by molar-refractivity contribution is 5.75. The second kappa shape index (κ2) is 6.71. The first-order valence-corrected chi connectivity index (χ1v) is 7.14. The van der Waals surface area contributed by atoms with Crippen molar-refractivity contribution in [3.05, 3.63) is 29.3 Å². The van der Waals surface area contributed by atoms with Gasteiger partial charge < -0.3 is 4.74 Å². The van der Waals surface area contributed by atoms with Gasteiger partial charge in [0.05, 0.1) is 7.11 Å². The van der Waals surface area contributed by atoms with Gasteiger partial charge in [-0.3, -0.25) is 9.69 Å². The van der Waals surface area contributed by atoms with Crippen LogP contribution in [0.1, 0.15) is 48.5 Å². The van der Waals surface area contributed by atoms with Crippen molar-refractivity contribution in [2.45, 2.75) is 45.2 Å². The Bertz CT molecular complexity index is 425. The number of rotatable bonds is 6. The molecule has 0 N–H and O–H groups in total. The van der Waals surface area contributed by atoms with E-state index >= 15 is 0 Å². The number of nitrogens with zero attached hydrogens (tertiary/aromatic N) is 1. The highest BCUT2D eigenvalue weighted by atomic mass is 16.5. The zero-order valence-electron chi connectivity index (χ0n) is 11.9. The molecule has 104 valence electrons. The van der Waals surface area contributed by atoms with Gasteiger partial charge in [-0.2, -0.15) is 0 Å². The van der Waals surface area contributed by atoms with Crippen LogP contribution in [0.2, 0.25) is 0 Å². The minimum absolute atomic E-state index is 0.689. The molecule has 1 aromatic carbocycles. The first-order chi connectivity index (χ1) is 9.28. The largest absolute Gasteiger partial charge is 0.496 e. The quantitative estimate of drug-likeness (QED) is 0.736. The molecule has 1 saturated carbocycles. The molecule has 19 heavy (non-hydrogen) atoms. The van der Waals surface area contributed by atoms with Gasteiger partial charge in [0.15, 0.2) is 0 Å². The number of hydrogen-bond donors (Lipinski definition) is 0. The van der Waals surface area contributed by atoms with Gasteiger partial charge in [0.25, 0.3) is 0 Å². The van der Waals surface area contributed by atoms with Gasteiger partial charge >= 0.3 is 0 Å². The highest BCUT2D eigenvalue weighted by Crippen LogP contribution is 2.27. The molecular formula is C16H23NO2. The summed E-state index contributed by atoms with van der Waals surface area (Å²) in [5, 5.41) is 0. The topological polar surface area (TPSA) is 29.5 Å². The van der Waals surface area contributed by atoms with E-state index in [9.17, 15) is 4.79 Å². The summed E-state index contributed by atoms with van der Waals surface area (Å²) in [6.07, 6.45) is 6.17. The van der Waals surface area contributed by atoms with Gasteiger partial charge in [-0.25, -0.2) is 0 Å². The maximum atomic E-state index is 10.9. The van der Waals surface area contributed by atoms with Gasteiger partial charge in [0.2, 0.25) is 0 Å². The predicted molar refractivity (Wildman–Crippen MR) is 76.7 cm³/mol. The van der Waals surface area contributed by atoms with Gasteiger partial charge in [0, 0.05) is 23.7 Å². The molecule has 1 fully saturated rings. The van der Waals surface area contributed by atoms with Crippen molar-refractivity contribution >= 4 is 6.29 Å². The van der Waals surface area contributed by atoms with Crippen molar-refractivity contribution < 1.29 is 9.53 Å². The molecule has 0 bridgehead atoms. The third kappa shape index (κ3) is 3.35. The molecule has 0 saturated heterocycles. The number of carbonyl (C=O) groups is 1. The van der Waals surface area contributed by atoms with E-state index in [1.807, 2.05) is 12.1 Å².